The first-order valence-electron chi connectivity index (χ1n) is 8.04. The van der Waals surface area contributed by atoms with Crippen LogP contribution in [-0.2, 0) is 0 Å². The number of piperidine rings is 1. The fourth-order valence-electron chi connectivity index (χ4n) is 2.97. The van der Waals surface area contributed by atoms with Crippen LogP contribution in [0.4, 0.5) is 5.69 Å². The molecule has 0 amide bonds. The summed E-state index contributed by atoms with van der Waals surface area (Å²) in [5.41, 5.74) is 1.73. The van der Waals surface area contributed by atoms with Crippen molar-refractivity contribution in [2.24, 2.45) is 5.92 Å². The summed E-state index contributed by atoms with van der Waals surface area (Å²) in [6.07, 6.45) is 5.57. The molecule has 1 N–H and O–H groups in total. The van der Waals surface area contributed by atoms with E-state index >= 15 is 0 Å². The molecule has 0 aliphatic carbocycles. The molecule has 2 aromatic heterocycles. The SMILES string of the molecule is CN(C)CCC1CCN(c2ccc(-c3noc(=O)[nH]3)nc2)CC1. The molecule has 1 aliphatic rings. The van der Waals surface area contributed by atoms with E-state index < -0.39 is 5.76 Å². The summed E-state index contributed by atoms with van der Waals surface area (Å²) < 4.78 is 4.50. The maximum atomic E-state index is 11.0. The highest BCUT2D eigenvalue weighted by atomic mass is 16.5. The van der Waals surface area contributed by atoms with E-state index in [1.54, 1.807) is 0 Å². The molecule has 0 atom stereocenters. The van der Waals surface area contributed by atoms with Gasteiger partial charge >= 0.3 is 5.76 Å². The van der Waals surface area contributed by atoms with E-state index in [4.69, 9.17) is 0 Å². The largest absolute Gasteiger partial charge is 0.439 e. The first-order chi connectivity index (χ1) is 11.1. The molecule has 1 fully saturated rings. The lowest BCUT2D eigenvalue weighted by molar-refractivity contribution is 0.313. The minimum Gasteiger partial charge on any atom is -0.370 e. The zero-order chi connectivity index (χ0) is 16.2. The van der Waals surface area contributed by atoms with Crippen LogP contribution in [0.3, 0.4) is 0 Å². The van der Waals surface area contributed by atoms with Crippen molar-refractivity contribution < 1.29 is 4.52 Å². The minimum atomic E-state index is -0.564. The molecule has 124 valence electrons. The second-order valence-corrected chi connectivity index (χ2v) is 6.37. The molecular weight excluding hydrogens is 294 g/mol. The van der Waals surface area contributed by atoms with Crippen molar-refractivity contribution in [3.05, 3.63) is 28.9 Å². The molecule has 1 saturated heterocycles. The Labute approximate surface area is 135 Å². The monoisotopic (exact) mass is 317 g/mol. The number of anilines is 1. The predicted molar refractivity (Wildman–Crippen MR) is 88.5 cm³/mol. The van der Waals surface area contributed by atoms with Gasteiger partial charge in [0.2, 0.25) is 5.82 Å². The van der Waals surface area contributed by atoms with E-state index in [0.717, 1.165) is 31.2 Å². The van der Waals surface area contributed by atoms with Gasteiger partial charge in [0.1, 0.15) is 5.69 Å². The van der Waals surface area contributed by atoms with Crippen molar-refractivity contribution in [1.29, 1.82) is 0 Å². The number of H-pyrrole nitrogens is 1. The van der Waals surface area contributed by atoms with E-state index in [9.17, 15) is 4.79 Å². The van der Waals surface area contributed by atoms with Crippen LogP contribution >= 0.6 is 0 Å². The Morgan fingerprint density at radius 1 is 1.35 bits per heavy atom. The third kappa shape index (κ3) is 3.98. The number of nitrogens with one attached hydrogen (secondary N) is 1. The van der Waals surface area contributed by atoms with Crippen molar-refractivity contribution in [3.8, 4) is 11.5 Å². The molecule has 0 unspecified atom stereocenters. The van der Waals surface area contributed by atoms with Crippen molar-refractivity contribution in [2.75, 3.05) is 38.6 Å². The number of aromatic amines is 1. The summed E-state index contributed by atoms with van der Waals surface area (Å²) in [6.45, 7) is 3.30. The Bertz CT molecular complexity index is 668. The fourth-order valence-corrected chi connectivity index (χ4v) is 2.97. The van der Waals surface area contributed by atoms with E-state index in [2.05, 4.69) is 43.5 Å². The molecule has 0 spiro atoms. The molecule has 0 aromatic carbocycles. The topological polar surface area (TPSA) is 78.3 Å². The molecule has 2 aromatic rings. The second kappa shape index (κ2) is 6.95. The lowest BCUT2D eigenvalue weighted by Crippen LogP contribution is -2.34. The average molecular weight is 317 g/mol. The average Bonchev–Trinajstić information content (AvgIpc) is 3.00. The third-order valence-electron chi connectivity index (χ3n) is 4.40. The number of hydrogen-bond donors (Lipinski definition) is 1. The highest BCUT2D eigenvalue weighted by Gasteiger charge is 2.19. The zero-order valence-electron chi connectivity index (χ0n) is 13.7. The van der Waals surface area contributed by atoms with E-state index in [1.165, 1.54) is 19.3 Å². The third-order valence-corrected chi connectivity index (χ3v) is 4.40. The van der Waals surface area contributed by atoms with Gasteiger partial charge in [-0.05, 0) is 58.0 Å². The Morgan fingerprint density at radius 3 is 2.70 bits per heavy atom. The highest BCUT2D eigenvalue weighted by Crippen LogP contribution is 2.25. The Morgan fingerprint density at radius 2 is 2.13 bits per heavy atom. The standard InChI is InChI=1S/C16H23N5O2/c1-20(2)8-5-12-6-9-21(10-7-12)13-3-4-14(17-11-13)15-18-16(22)23-19-15/h3-4,11-12H,5-10H2,1-2H3,(H,18,19,22). The van der Waals surface area contributed by atoms with Crippen molar-refractivity contribution >= 4 is 5.69 Å². The van der Waals surface area contributed by atoms with Crippen LogP contribution in [0.15, 0.2) is 27.6 Å². The predicted octanol–water partition coefficient (Wildman–Crippen LogP) is 1.59. The fraction of sp³-hybridized carbons (Fsp3) is 0.562. The maximum Gasteiger partial charge on any atom is 0.439 e. The molecular formula is C16H23N5O2. The quantitative estimate of drug-likeness (QED) is 0.902. The highest BCUT2D eigenvalue weighted by molar-refractivity contribution is 5.54. The maximum absolute atomic E-state index is 11.0. The molecule has 1 aliphatic heterocycles. The Kier molecular flexibility index (Phi) is 4.76. The molecule has 3 heterocycles. The van der Waals surface area contributed by atoms with E-state index in [-0.39, 0.29) is 0 Å². The van der Waals surface area contributed by atoms with Crippen molar-refractivity contribution in [1.82, 2.24) is 20.0 Å². The van der Waals surface area contributed by atoms with Crippen LogP contribution in [0.25, 0.3) is 11.5 Å². The lowest BCUT2D eigenvalue weighted by atomic mass is 9.93. The summed E-state index contributed by atoms with van der Waals surface area (Å²) in [6, 6.07) is 3.89. The Balaban J connectivity index is 1.57. The first-order valence-corrected chi connectivity index (χ1v) is 8.04. The number of pyridine rings is 1. The zero-order valence-corrected chi connectivity index (χ0v) is 13.7. The van der Waals surface area contributed by atoms with E-state index in [1.807, 2.05) is 18.3 Å². The summed E-state index contributed by atoms with van der Waals surface area (Å²) in [5, 5.41) is 3.65. The van der Waals surface area contributed by atoms with Crippen LogP contribution in [0.5, 0.6) is 0 Å². The molecule has 0 saturated carbocycles. The number of rotatable bonds is 5. The van der Waals surface area contributed by atoms with Crippen LogP contribution in [0.1, 0.15) is 19.3 Å². The van der Waals surface area contributed by atoms with Gasteiger partial charge in [0, 0.05) is 13.1 Å². The van der Waals surface area contributed by atoms with Gasteiger partial charge in [0.05, 0.1) is 11.9 Å². The van der Waals surface area contributed by atoms with Gasteiger partial charge in [-0.3, -0.25) is 14.5 Å². The number of nitrogens with zero attached hydrogens (tertiary/aromatic N) is 4. The summed E-state index contributed by atoms with van der Waals surface area (Å²) in [5.74, 6) is 0.621. The van der Waals surface area contributed by atoms with Crippen molar-refractivity contribution in [3.63, 3.8) is 0 Å². The minimum absolute atomic E-state index is 0.365. The van der Waals surface area contributed by atoms with Gasteiger partial charge in [-0.15, -0.1) is 0 Å². The molecule has 3 rings (SSSR count). The van der Waals surface area contributed by atoms with Crippen LogP contribution < -0.4 is 10.7 Å². The Hall–Kier alpha value is -2.15. The van der Waals surface area contributed by atoms with Crippen molar-refractivity contribution in [2.45, 2.75) is 19.3 Å². The summed E-state index contributed by atoms with van der Waals surface area (Å²) in [7, 11) is 4.26. The van der Waals surface area contributed by atoms with Gasteiger partial charge in [0.25, 0.3) is 0 Å². The van der Waals surface area contributed by atoms with Gasteiger partial charge in [-0.25, -0.2) is 4.79 Å². The molecule has 7 heteroatoms. The van der Waals surface area contributed by atoms with Gasteiger partial charge in [-0.2, -0.15) is 0 Å². The molecule has 0 radical (unpaired) electrons. The first kappa shape index (κ1) is 15.7. The van der Waals surface area contributed by atoms with Crippen LogP contribution in [-0.4, -0.2) is 53.8 Å². The molecule has 23 heavy (non-hydrogen) atoms. The van der Waals surface area contributed by atoms with Gasteiger partial charge in [0.15, 0.2) is 0 Å². The van der Waals surface area contributed by atoms with Crippen LogP contribution in [0.2, 0.25) is 0 Å². The smallest absolute Gasteiger partial charge is 0.370 e. The summed E-state index contributed by atoms with van der Waals surface area (Å²) >= 11 is 0. The van der Waals surface area contributed by atoms with E-state index in [0.29, 0.717) is 11.5 Å². The number of hydrogen-bond acceptors (Lipinski definition) is 6. The van der Waals surface area contributed by atoms with Crippen LogP contribution in [0, 0.1) is 5.92 Å². The van der Waals surface area contributed by atoms with Gasteiger partial charge < -0.3 is 9.80 Å². The molecule has 0 bridgehead atoms. The lowest BCUT2D eigenvalue weighted by Gasteiger charge is -2.33. The van der Waals surface area contributed by atoms with Gasteiger partial charge in [-0.1, -0.05) is 5.16 Å². The number of aromatic nitrogens is 3. The summed E-state index contributed by atoms with van der Waals surface area (Å²) in [4.78, 5) is 22.5. The molecule has 7 nitrogen and oxygen atoms in total. The normalized spacial score (nSPS) is 16.2. The second-order valence-electron chi connectivity index (χ2n) is 6.37.